The van der Waals surface area contributed by atoms with Crippen LogP contribution in [0.2, 0.25) is 0 Å². The van der Waals surface area contributed by atoms with Crippen molar-refractivity contribution in [2.45, 2.75) is 19.8 Å². The SMILES string of the molecule is C=C(Cc1ccccc1)C(=O)O.C[C@H](Cc1ccccc1)C(=O)O. The van der Waals surface area contributed by atoms with Gasteiger partial charge in [-0.25, -0.2) is 4.79 Å². The van der Waals surface area contributed by atoms with Crippen LogP contribution in [-0.4, -0.2) is 22.2 Å². The molecule has 2 rings (SSSR count). The predicted molar refractivity (Wildman–Crippen MR) is 93.9 cm³/mol. The summed E-state index contributed by atoms with van der Waals surface area (Å²) < 4.78 is 0. The molecule has 0 spiro atoms. The Balaban J connectivity index is 0.000000240. The zero-order chi connectivity index (χ0) is 17.9. The molecule has 126 valence electrons. The van der Waals surface area contributed by atoms with Crippen LogP contribution in [0.15, 0.2) is 72.8 Å². The fourth-order valence-corrected chi connectivity index (χ4v) is 1.97. The average molecular weight is 326 g/mol. The maximum Gasteiger partial charge on any atom is 0.331 e. The van der Waals surface area contributed by atoms with Crippen LogP contribution < -0.4 is 0 Å². The van der Waals surface area contributed by atoms with Crippen molar-refractivity contribution in [3.05, 3.63) is 83.9 Å². The van der Waals surface area contributed by atoms with Crippen LogP contribution in [0.1, 0.15) is 18.1 Å². The van der Waals surface area contributed by atoms with E-state index in [1.807, 2.05) is 60.7 Å². The summed E-state index contributed by atoms with van der Waals surface area (Å²) >= 11 is 0. The van der Waals surface area contributed by atoms with Gasteiger partial charge >= 0.3 is 11.9 Å². The standard InChI is InChI=1S/C10H12O2.C10H10O2/c2*1-8(10(11)12)7-9-5-3-2-4-6-9/h2-6,8H,7H2,1H3,(H,11,12);2-6H,1,7H2,(H,11,12)/t8-;/m1./s1. The molecule has 0 aliphatic carbocycles. The summed E-state index contributed by atoms with van der Waals surface area (Å²) in [7, 11) is 0. The van der Waals surface area contributed by atoms with Crippen molar-refractivity contribution in [3.63, 3.8) is 0 Å². The molecule has 0 amide bonds. The normalized spacial score (nSPS) is 10.9. The highest BCUT2D eigenvalue weighted by molar-refractivity contribution is 5.86. The van der Waals surface area contributed by atoms with E-state index in [1.54, 1.807) is 6.92 Å². The largest absolute Gasteiger partial charge is 0.481 e. The summed E-state index contributed by atoms with van der Waals surface area (Å²) in [6.45, 7) is 5.17. The molecule has 2 aromatic carbocycles. The molecule has 0 heterocycles. The first-order valence-electron chi connectivity index (χ1n) is 7.62. The number of hydrogen-bond acceptors (Lipinski definition) is 2. The Bertz CT molecular complexity index is 663. The van der Waals surface area contributed by atoms with E-state index in [4.69, 9.17) is 10.2 Å². The number of benzene rings is 2. The molecule has 0 saturated carbocycles. The Hall–Kier alpha value is -2.88. The van der Waals surface area contributed by atoms with E-state index in [0.29, 0.717) is 12.8 Å². The summed E-state index contributed by atoms with van der Waals surface area (Å²) in [6, 6.07) is 19.1. The van der Waals surface area contributed by atoms with Crippen molar-refractivity contribution in [1.29, 1.82) is 0 Å². The number of rotatable bonds is 6. The topological polar surface area (TPSA) is 74.6 Å². The molecule has 2 N–H and O–H groups in total. The molecule has 0 bridgehead atoms. The van der Waals surface area contributed by atoms with Gasteiger partial charge < -0.3 is 10.2 Å². The Morgan fingerprint density at radius 2 is 1.38 bits per heavy atom. The average Bonchev–Trinajstić information content (AvgIpc) is 2.57. The number of aliphatic carboxylic acids is 2. The number of carboxylic acids is 2. The third kappa shape index (κ3) is 7.40. The molecular weight excluding hydrogens is 304 g/mol. The lowest BCUT2D eigenvalue weighted by Crippen LogP contribution is -2.11. The Morgan fingerprint density at radius 3 is 1.79 bits per heavy atom. The molecule has 2 aromatic rings. The molecule has 0 radical (unpaired) electrons. The van der Waals surface area contributed by atoms with Crippen LogP contribution in [0.25, 0.3) is 0 Å². The van der Waals surface area contributed by atoms with Crippen molar-refractivity contribution in [2.24, 2.45) is 5.92 Å². The van der Waals surface area contributed by atoms with Crippen LogP contribution in [0.3, 0.4) is 0 Å². The van der Waals surface area contributed by atoms with Crippen molar-refractivity contribution < 1.29 is 19.8 Å². The Morgan fingerprint density at radius 1 is 0.917 bits per heavy atom. The maximum atomic E-state index is 10.5. The predicted octanol–water partition coefficient (Wildman–Crippen LogP) is 3.82. The van der Waals surface area contributed by atoms with Gasteiger partial charge in [0.05, 0.1) is 5.92 Å². The molecule has 24 heavy (non-hydrogen) atoms. The molecule has 0 aromatic heterocycles. The highest BCUT2D eigenvalue weighted by atomic mass is 16.4. The molecule has 4 nitrogen and oxygen atoms in total. The third-order valence-corrected chi connectivity index (χ3v) is 3.37. The highest BCUT2D eigenvalue weighted by Gasteiger charge is 2.10. The fraction of sp³-hybridized carbons (Fsp3) is 0.200. The third-order valence-electron chi connectivity index (χ3n) is 3.37. The summed E-state index contributed by atoms with van der Waals surface area (Å²) in [6.07, 6.45) is 1.02. The summed E-state index contributed by atoms with van der Waals surface area (Å²) in [5.41, 5.74) is 2.28. The van der Waals surface area contributed by atoms with Crippen LogP contribution in [-0.2, 0) is 22.4 Å². The van der Waals surface area contributed by atoms with E-state index >= 15 is 0 Å². The number of carboxylic acid groups (broad SMARTS) is 2. The van der Waals surface area contributed by atoms with E-state index in [0.717, 1.165) is 11.1 Å². The van der Waals surface area contributed by atoms with Gasteiger partial charge in [-0.2, -0.15) is 0 Å². The second-order valence-electron chi connectivity index (χ2n) is 5.50. The Labute approximate surface area is 142 Å². The molecule has 1 atom stereocenters. The summed E-state index contributed by atoms with van der Waals surface area (Å²) in [5.74, 6) is -1.97. The monoisotopic (exact) mass is 326 g/mol. The first-order chi connectivity index (χ1) is 11.4. The van der Waals surface area contributed by atoms with Gasteiger partial charge in [0.15, 0.2) is 0 Å². The van der Waals surface area contributed by atoms with Crippen molar-refractivity contribution >= 4 is 11.9 Å². The van der Waals surface area contributed by atoms with Gasteiger partial charge in [-0.15, -0.1) is 0 Å². The second kappa shape index (κ2) is 10.0. The molecule has 4 heteroatoms. The quantitative estimate of drug-likeness (QED) is 0.791. The maximum absolute atomic E-state index is 10.5. The molecule has 0 saturated heterocycles. The minimum atomic E-state index is -0.932. The van der Waals surface area contributed by atoms with Crippen LogP contribution >= 0.6 is 0 Å². The van der Waals surface area contributed by atoms with Crippen LogP contribution in [0.5, 0.6) is 0 Å². The van der Waals surface area contributed by atoms with Gasteiger partial charge in [0, 0.05) is 12.0 Å². The van der Waals surface area contributed by atoms with E-state index in [1.165, 1.54) is 0 Å². The number of carbonyl (C=O) groups is 2. The first kappa shape index (κ1) is 19.2. The molecular formula is C20H22O4. The fourth-order valence-electron chi connectivity index (χ4n) is 1.97. The zero-order valence-corrected chi connectivity index (χ0v) is 13.7. The van der Waals surface area contributed by atoms with Gasteiger partial charge in [0.2, 0.25) is 0 Å². The minimum absolute atomic E-state index is 0.223. The summed E-state index contributed by atoms with van der Waals surface area (Å²) in [5, 5.41) is 17.2. The van der Waals surface area contributed by atoms with Gasteiger partial charge in [0.25, 0.3) is 0 Å². The van der Waals surface area contributed by atoms with Crippen molar-refractivity contribution in [1.82, 2.24) is 0 Å². The smallest absolute Gasteiger partial charge is 0.331 e. The first-order valence-corrected chi connectivity index (χ1v) is 7.62. The Kier molecular flexibility index (Phi) is 7.99. The number of hydrogen-bond donors (Lipinski definition) is 2. The van der Waals surface area contributed by atoms with Gasteiger partial charge in [-0.1, -0.05) is 74.2 Å². The molecule has 0 fully saturated rings. The van der Waals surface area contributed by atoms with E-state index in [-0.39, 0.29) is 11.5 Å². The van der Waals surface area contributed by atoms with E-state index in [9.17, 15) is 9.59 Å². The summed E-state index contributed by atoms with van der Waals surface area (Å²) in [4.78, 5) is 20.9. The van der Waals surface area contributed by atoms with Crippen LogP contribution in [0, 0.1) is 5.92 Å². The second-order valence-corrected chi connectivity index (χ2v) is 5.50. The van der Waals surface area contributed by atoms with Gasteiger partial charge in [0.1, 0.15) is 0 Å². The van der Waals surface area contributed by atoms with Gasteiger partial charge in [-0.3, -0.25) is 4.79 Å². The van der Waals surface area contributed by atoms with E-state index < -0.39 is 11.9 Å². The lowest BCUT2D eigenvalue weighted by atomic mass is 10.0. The van der Waals surface area contributed by atoms with Gasteiger partial charge in [-0.05, 0) is 17.5 Å². The van der Waals surface area contributed by atoms with Crippen molar-refractivity contribution in [3.8, 4) is 0 Å². The van der Waals surface area contributed by atoms with Crippen molar-refractivity contribution in [2.75, 3.05) is 0 Å². The lowest BCUT2D eigenvalue weighted by Gasteiger charge is -2.04. The zero-order valence-electron chi connectivity index (χ0n) is 13.7. The highest BCUT2D eigenvalue weighted by Crippen LogP contribution is 2.07. The minimum Gasteiger partial charge on any atom is -0.481 e. The van der Waals surface area contributed by atoms with E-state index in [2.05, 4.69) is 6.58 Å². The molecule has 0 aliphatic rings. The lowest BCUT2D eigenvalue weighted by molar-refractivity contribution is -0.141. The molecule has 0 unspecified atom stereocenters. The molecule has 0 aliphatic heterocycles. The van der Waals surface area contributed by atoms with Crippen LogP contribution in [0.4, 0.5) is 0 Å².